The molecular weight excluding hydrogens is 321 g/mol. The Kier molecular flexibility index (Phi) is 6.11. The van der Waals surface area contributed by atoms with Crippen LogP contribution in [0.5, 0.6) is 0 Å². The van der Waals surface area contributed by atoms with E-state index in [9.17, 15) is 14.0 Å². The maximum atomic E-state index is 13.7. The number of nitrogens with zero attached hydrogens (tertiary/aromatic N) is 1. The minimum Gasteiger partial charge on any atom is -0.377 e. The topological polar surface area (TPSA) is 61.4 Å². The van der Waals surface area contributed by atoms with Crippen LogP contribution in [-0.2, 0) is 0 Å². The third-order valence-corrected chi connectivity index (χ3v) is 3.63. The lowest BCUT2D eigenvalue weighted by Gasteiger charge is -2.18. The van der Waals surface area contributed by atoms with Crippen molar-refractivity contribution in [2.24, 2.45) is 0 Å². The van der Waals surface area contributed by atoms with Crippen molar-refractivity contribution in [3.05, 3.63) is 59.4 Å². The number of halogens is 1. The number of carbonyl (C=O) groups excluding carboxylic acids is 2. The predicted octanol–water partition coefficient (Wildman–Crippen LogP) is 3.28. The van der Waals surface area contributed by atoms with Crippen LogP contribution < -0.4 is 15.5 Å². The summed E-state index contributed by atoms with van der Waals surface area (Å²) in [7, 11) is 3.67. The minimum atomic E-state index is -0.592. The number of hydrogen-bond acceptors (Lipinski definition) is 3. The summed E-state index contributed by atoms with van der Waals surface area (Å²) in [5.74, 6) is -1.37. The second-order valence-electron chi connectivity index (χ2n) is 5.82. The minimum absolute atomic E-state index is 0.0452. The van der Waals surface area contributed by atoms with Crippen LogP contribution in [0.1, 0.15) is 34.1 Å². The second kappa shape index (κ2) is 8.28. The van der Waals surface area contributed by atoms with E-state index in [4.69, 9.17) is 0 Å². The summed E-state index contributed by atoms with van der Waals surface area (Å²) in [5, 5.41) is 5.47. The quantitative estimate of drug-likeness (QED) is 0.846. The van der Waals surface area contributed by atoms with E-state index in [0.29, 0.717) is 17.8 Å². The fourth-order valence-electron chi connectivity index (χ4n) is 2.36. The largest absolute Gasteiger partial charge is 0.377 e. The average Bonchev–Trinajstić information content (AvgIpc) is 2.59. The lowest BCUT2D eigenvalue weighted by molar-refractivity contribution is 0.0952. The van der Waals surface area contributed by atoms with Crippen molar-refractivity contribution in [1.29, 1.82) is 0 Å². The van der Waals surface area contributed by atoms with Crippen LogP contribution in [-0.4, -0.2) is 32.5 Å². The third-order valence-electron chi connectivity index (χ3n) is 3.63. The molecule has 0 bridgehead atoms. The van der Waals surface area contributed by atoms with E-state index in [1.165, 1.54) is 18.2 Å². The SMILES string of the molecule is CCCNC(=O)c1cc(NC(=O)c2ccccc2F)ccc1N(C)C. The van der Waals surface area contributed by atoms with Crippen molar-refractivity contribution in [3.8, 4) is 0 Å². The monoisotopic (exact) mass is 343 g/mol. The van der Waals surface area contributed by atoms with Gasteiger partial charge in [0.1, 0.15) is 5.82 Å². The maximum Gasteiger partial charge on any atom is 0.258 e. The molecule has 2 N–H and O–H groups in total. The van der Waals surface area contributed by atoms with E-state index in [-0.39, 0.29) is 11.5 Å². The van der Waals surface area contributed by atoms with Gasteiger partial charge in [0.15, 0.2) is 0 Å². The molecule has 2 aromatic rings. The Labute approximate surface area is 146 Å². The van der Waals surface area contributed by atoms with Gasteiger partial charge in [0.05, 0.1) is 11.1 Å². The standard InChI is InChI=1S/C19H22FN3O2/c1-4-11-21-18(24)15-12-13(9-10-17(15)23(2)3)22-19(25)14-7-5-6-8-16(14)20/h5-10,12H,4,11H2,1-3H3,(H,21,24)(H,22,25). The number of carbonyl (C=O) groups is 2. The van der Waals surface area contributed by atoms with Gasteiger partial charge in [-0.05, 0) is 36.8 Å². The van der Waals surface area contributed by atoms with Crippen LogP contribution in [0.25, 0.3) is 0 Å². The second-order valence-corrected chi connectivity index (χ2v) is 5.82. The van der Waals surface area contributed by atoms with Crippen LogP contribution in [0.2, 0.25) is 0 Å². The summed E-state index contributed by atoms with van der Waals surface area (Å²) in [6.07, 6.45) is 0.826. The lowest BCUT2D eigenvalue weighted by Crippen LogP contribution is -2.26. The fraction of sp³-hybridized carbons (Fsp3) is 0.263. The Morgan fingerprint density at radius 2 is 1.76 bits per heavy atom. The summed E-state index contributed by atoms with van der Waals surface area (Å²) in [4.78, 5) is 26.4. The smallest absolute Gasteiger partial charge is 0.258 e. The summed E-state index contributed by atoms with van der Waals surface area (Å²) in [6, 6.07) is 10.8. The first-order chi connectivity index (χ1) is 11.9. The number of rotatable bonds is 6. The van der Waals surface area contributed by atoms with Gasteiger partial charge in [-0.3, -0.25) is 9.59 Å². The Morgan fingerprint density at radius 1 is 1.04 bits per heavy atom. The van der Waals surface area contributed by atoms with Gasteiger partial charge in [0.2, 0.25) is 0 Å². The molecule has 0 aliphatic rings. The first-order valence-corrected chi connectivity index (χ1v) is 8.09. The van der Waals surface area contributed by atoms with Gasteiger partial charge in [-0.15, -0.1) is 0 Å². The molecule has 2 amide bonds. The molecule has 2 rings (SSSR count). The predicted molar refractivity (Wildman–Crippen MR) is 97.7 cm³/mol. The molecule has 0 atom stereocenters. The van der Waals surface area contributed by atoms with Gasteiger partial charge >= 0.3 is 0 Å². The highest BCUT2D eigenvalue weighted by Crippen LogP contribution is 2.23. The zero-order valence-corrected chi connectivity index (χ0v) is 14.6. The molecule has 0 radical (unpaired) electrons. The molecule has 6 heteroatoms. The van der Waals surface area contributed by atoms with E-state index < -0.39 is 11.7 Å². The number of amides is 2. The van der Waals surface area contributed by atoms with Crippen molar-refractivity contribution >= 4 is 23.2 Å². The van der Waals surface area contributed by atoms with Crippen LogP contribution in [0.3, 0.4) is 0 Å². The molecule has 5 nitrogen and oxygen atoms in total. The molecule has 132 valence electrons. The van der Waals surface area contributed by atoms with Crippen molar-refractivity contribution in [1.82, 2.24) is 5.32 Å². The van der Waals surface area contributed by atoms with E-state index in [1.54, 1.807) is 24.3 Å². The Balaban J connectivity index is 2.28. The summed E-state index contributed by atoms with van der Waals surface area (Å²) in [6.45, 7) is 2.54. The maximum absolute atomic E-state index is 13.7. The normalized spacial score (nSPS) is 10.2. The molecule has 0 unspecified atom stereocenters. The van der Waals surface area contributed by atoms with E-state index >= 15 is 0 Å². The first kappa shape index (κ1) is 18.4. The molecule has 0 heterocycles. The van der Waals surface area contributed by atoms with Crippen LogP contribution in [0.15, 0.2) is 42.5 Å². The zero-order valence-electron chi connectivity index (χ0n) is 14.6. The number of benzene rings is 2. The molecule has 0 saturated heterocycles. The fourth-order valence-corrected chi connectivity index (χ4v) is 2.36. The molecule has 0 saturated carbocycles. The van der Waals surface area contributed by atoms with Crippen LogP contribution in [0, 0.1) is 5.82 Å². The van der Waals surface area contributed by atoms with E-state index in [0.717, 1.165) is 12.1 Å². The number of anilines is 2. The van der Waals surface area contributed by atoms with Crippen LogP contribution >= 0.6 is 0 Å². The Bertz CT molecular complexity index is 775. The van der Waals surface area contributed by atoms with E-state index in [1.807, 2.05) is 25.9 Å². The van der Waals surface area contributed by atoms with Gasteiger partial charge in [0, 0.05) is 32.0 Å². The molecule has 0 fully saturated rings. The average molecular weight is 343 g/mol. The third kappa shape index (κ3) is 4.56. The van der Waals surface area contributed by atoms with Gasteiger partial charge in [0.25, 0.3) is 11.8 Å². The van der Waals surface area contributed by atoms with Gasteiger partial charge < -0.3 is 15.5 Å². The number of hydrogen-bond donors (Lipinski definition) is 2. The highest BCUT2D eigenvalue weighted by molar-refractivity contribution is 6.06. The first-order valence-electron chi connectivity index (χ1n) is 8.09. The van der Waals surface area contributed by atoms with Crippen molar-refractivity contribution in [2.75, 3.05) is 30.9 Å². The molecule has 2 aromatic carbocycles. The molecule has 0 aromatic heterocycles. The molecule has 25 heavy (non-hydrogen) atoms. The highest BCUT2D eigenvalue weighted by atomic mass is 19.1. The van der Waals surface area contributed by atoms with Crippen molar-refractivity contribution in [3.63, 3.8) is 0 Å². The number of nitrogens with one attached hydrogen (secondary N) is 2. The van der Waals surface area contributed by atoms with Crippen molar-refractivity contribution in [2.45, 2.75) is 13.3 Å². The van der Waals surface area contributed by atoms with Gasteiger partial charge in [-0.2, -0.15) is 0 Å². The highest BCUT2D eigenvalue weighted by Gasteiger charge is 2.16. The van der Waals surface area contributed by atoms with Crippen LogP contribution in [0.4, 0.5) is 15.8 Å². The van der Waals surface area contributed by atoms with E-state index in [2.05, 4.69) is 10.6 Å². The molecule has 0 spiro atoms. The summed E-state index contributed by atoms with van der Waals surface area (Å²) < 4.78 is 13.7. The summed E-state index contributed by atoms with van der Waals surface area (Å²) in [5.41, 5.74) is 1.57. The molecule has 0 aliphatic carbocycles. The van der Waals surface area contributed by atoms with Gasteiger partial charge in [-0.1, -0.05) is 19.1 Å². The van der Waals surface area contributed by atoms with Crippen molar-refractivity contribution < 1.29 is 14.0 Å². The Morgan fingerprint density at radius 3 is 2.40 bits per heavy atom. The zero-order chi connectivity index (χ0) is 18.4. The molecule has 0 aliphatic heterocycles. The Hall–Kier alpha value is -2.89. The van der Waals surface area contributed by atoms with Gasteiger partial charge in [-0.25, -0.2) is 4.39 Å². The lowest BCUT2D eigenvalue weighted by atomic mass is 10.1. The summed E-state index contributed by atoms with van der Waals surface area (Å²) >= 11 is 0. The molecular formula is C19H22FN3O2.